The third-order valence-electron chi connectivity index (χ3n) is 12.4. The smallest absolute Gasteiger partial charge is 0.220 e. The minimum atomic E-state index is -0.880. The molecule has 68 heavy (non-hydrogen) atoms. The summed E-state index contributed by atoms with van der Waals surface area (Å²) in [4.78, 5) is 12.5. The lowest BCUT2D eigenvalue weighted by Gasteiger charge is -2.19. The first-order chi connectivity index (χ1) is 33.7. The van der Waals surface area contributed by atoms with E-state index in [1.807, 2.05) is 6.08 Å². The number of hydrogen-bond donors (Lipinski definition) is 3. The number of amides is 1. The van der Waals surface area contributed by atoms with E-state index >= 15 is 0 Å². The van der Waals surface area contributed by atoms with Gasteiger partial charge in [-0.25, -0.2) is 0 Å². The van der Waals surface area contributed by atoms with E-state index in [9.17, 15) is 15.0 Å². The van der Waals surface area contributed by atoms with Gasteiger partial charge in [-0.3, -0.25) is 4.79 Å². The van der Waals surface area contributed by atoms with Gasteiger partial charge in [0.15, 0.2) is 0 Å². The number of unbranched alkanes of at least 4 members (excludes halogenated alkanes) is 26. The lowest BCUT2D eigenvalue weighted by molar-refractivity contribution is -0.123. The lowest BCUT2D eigenvalue weighted by atomic mass is 10.0. The largest absolute Gasteiger partial charge is 0.394 e. The Kier molecular flexibility index (Phi) is 55.4. The average molecular weight is 941 g/mol. The molecule has 0 saturated carbocycles. The molecule has 0 saturated heterocycles. The number of carbonyl (C=O) groups is 1. The molecule has 0 fully saturated rings. The van der Waals surface area contributed by atoms with Crippen LogP contribution in [0, 0.1) is 0 Å². The van der Waals surface area contributed by atoms with Crippen molar-refractivity contribution in [1.82, 2.24) is 5.32 Å². The second-order valence-corrected chi connectivity index (χ2v) is 19.0. The van der Waals surface area contributed by atoms with Crippen LogP contribution in [-0.4, -0.2) is 34.9 Å². The zero-order valence-electron chi connectivity index (χ0n) is 44.6. The number of aliphatic hydroxyl groups is 2. The van der Waals surface area contributed by atoms with Crippen LogP contribution in [0.1, 0.15) is 258 Å². The van der Waals surface area contributed by atoms with Gasteiger partial charge in [0.2, 0.25) is 5.91 Å². The standard InChI is InChI=1S/C64H109NO3/c1-3-5-7-9-11-13-15-17-19-21-23-25-27-28-29-30-31-32-33-34-35-36-38-40-42-44-46-48-50-52-54-56-58-60-64(68)65-62(61-66)63(67)59-57-55-53-51-49-47-45-43-41-39-37-26-24-22-20-18-16-14-12-10-8-6-4-2/h5,7,11,13,17,19,23,25,28-29,31-32,34-35,41,43,49,51,57,59,62-63,66-67H,3-4,6,8-10,12,14-16,18,20-22,24,26-27,30,33,36-40,42,44-48,50,52-56,58,60-61H2,1-2H3,(H,65,68)/b7-5-,13-11-,19-17-,25-23-,29-28-,32-31-,35-34-,43-41+,51-49+,59-57+. The van der Waals surface area contributed by atoms with Crippen molar-refractivity contribution in [2.75, 3.05) is 6.61 Å². The number of aliphatic hydroxyl groups excluding tert-OH is 2. The molecule has 4 heteroatoms. The van der Waals surface area contributed by atoms with Crippen LogP contribution in [0.4, 0.5) is 0 Å². The molecule has 1 amide bonds. The summed E-state index contributed by atoms with van der Waals surface area (Å²) in [7, 11) is 0. The lowest BCUT2D eigenvalue weighted by Crippen LogP contribution is -2.45. The summed E-state index contributed by atoms with van der Waals surface area (Å²) in [6, 6.07) is -0.656. The summed E-state index contributed by atoms with van der Waals surface area (Å²) in [5, 5.41) is 23.1. The molecule has 0 spiro atoms. The van der Waals surface area contributed by atoms with Crippen LogP contribution in [0.3, 0.4) is 0 Å². The zero-order valence-corrected chi connectivity index (χ0v) is 44.6. The number of allylic oxidation sites excluding steroid dienone is 19. The molecule has 0 aromatic heterocycles. The summed E-state index contributed by atoms with van der Waals surface area (Å²) >= 11 is 0. The molecule has 0 aromatic rings. The number of carbonyl (C=O) groups excluding carboxylic acids is 1. The van der Waals surface area contributed by atoms with Crippen molar-refractivity contribution in [3.63, 3.8) is 0 Å². The summed E-state index contributed by atoms with van der Waals surface area (Å²) in [6.45, 7) is 4.18. The molecule has 0 aliphatic rings. The van der Waals surface area contributed by atoms with Gasteiger partial charge >= 0.3 is 0 Å². The molecule has 0 aromatic carbocycles. The van der Waals surface area contributed by atoms with Gasteiger partial charge < -0.3 is 15.5 Å². The van der Waals surface area contributed by atoms with E-state index in [1.54, 1.807) is 6.08 Å². The molecule has 0 rings (SSSR count). The van der Waals surface area contributed by atoms with Crippen LogP contribution < -0.4 is 5.32 Å². The van der Waals surface area contributed by atoms with Crippen LogP contribution in [0.5, 0.6) is 0 Å². The maximum Gasteiger partial charge on any atom is 0.220 e. The van der Waals surface area contributed by atoms with E-state index in [0.29, 0.717) is 6.42 Å². The highest BCUT2D eigenvalue weighted by molar-refractivity contribution is 5.76. The van der Waals surface area contributed by atoms with Crippen molar-refractivity contribution in [2.45, 2.75) is 270 Å². The normalized spacial score (nSPS) is 13.8. The Bertz CT molecular complexity index is 1340. The van der Waals surface area contributed by atoms with Crippen molar-refractivity contribution in [1.29, 1.82) is 0 Å². The fraction of sp³-hybridized carbons (Fsp3) is 0.672. The maximum atomic E-state index is 12.5. The van der Waals surface area contributed by atoms with E-state index < -0.39 is 12.1 Å². The summed E-state index contributed by atoms with van der Waals surface area (Å²) < 4.78 is 0. The first-order valence-electron chi connectivity index (χ1n) is 28.7. The number of hydrogen-bond acceptors (Lipinski definition) is 3. The molecule has 0 bridgehead atoms. The van der Waals surface area contributed by atoms with E-state index in [-0.39, 0.29) is 12.5 Å². The van der Waals surface area contributed by atoms with Gasteiger partial charge in [0.05, 0.1) is 18.8 Å². The molecular weight excluding hydrogens is 831 g/mol. The third-order valence-corrected chi connectivity index (χ3v) is 12.4. The molecule has 3 N–H and O–H groups in total. The zero-order chi connectivity index (χ0) is 49.2. The maximum absolute atomic E-state index is 12.5. The first kappa shape index (κ1) is 64.8. The Morgan fingerprint density at radius 2 is 0.662 bits per heavy atom. The van der Waals surface area contributed by atoms with E-state index in [4.69, 9.17) is 0 Å². The SMILES string of the molecule is CC/C=C\C/C=C\C/C=C\C/C=C\C/C=C\C/C=C\C/C=C\CCCCCCCCCCCCCC(=O)NC(CO)C(O)/C=C/CC/C=C/CC/C=C/CCCCCCCCCCCCCCC. The van der Waals surface area contributed by atoms with Crippen molar-refractivity contribution >= 4 is 5.91 Å². The van der Waals surface area contributed by atoms with Gasteiger partial charge in [-0.1, -0.05) is 270 Å². The van der Waals surface area contributed by atoms with Crippen molar-refractivity contribution in [3.8, 4) is 0 Å². The molecule has 388 valence electrons. The molecule has 2 atom stereocenters. The van der Waals surface area contributed by atoms with Crippen molar-refractivity contribution in [3.05, 3.63) is 122 Å². The Morgan fingerprint density at radius 1 is 0.368 bits per heavy atom. The van der Waals surface area contributed by atoms with Crippen LogP contribution in [-0.2, 0) is 4.79 Å². The minimum Gasteiger partial charge on any atom is -0.394 e. The van der Waals surface area contributed by atoms with Gasteiger partial charge in [-0.15, -0.1) is 0 Å². The predicted octanol–water partition coefficient (Wildman–Crippen LogP) is 19.2. The Labute approximate surface area is 422 Å². The fourth-order valence-electron chi connectivity index (χ4n) is 8.07. The first-order valence-corrected chi connectivity index (χ1v) is 28.7. The van der Waals surface area contributed by atoms with Crippen molar-refractivity contribution < 1.29 is 15.0 Å². The fourth-order valence-corrected chi connectivity index (χ4v) is 8.07. The highest BCUT2D eigenvalue weighted by atomic mass is 16.3. The minimum absolute atomic E-state index is 0.0850. The monoisotopic (exact) mass is 940 g/mol. The van der Waals surface area contributed by atoms with Crippen LogP contribution in [0.15, 0.2) is 122 Å². The van der Waals surface area contributed by atoms with Gasteiger partial charge in [0.25, 0.3) is 0 Å². The molecule has 0 radical (unpaired) electrons. The number of nitrogens with one attached hydrogen (secondary N) is 1. The van der Waals surface area contributed by atoms with Crippen LogP contribution in [0.2, 0.25) is 0 Å². The molecule has 4 nitrogen and oxygen atoms in total. The average Bonchev–Trinajstić information content (AvgIpc) is 3.34. The van der Waals surface area contributed by atoms with E-state index in [1.165, 1.54) is 148 Å². The predicted molar refractivity (Wildman–Crippen MR) is 303 cm³/mol. The second-order valence-electron chi connectivity index (χ2n) is 19.0. The van der Waals surface area contributed by atoms with E-state index in [2.05, 4.69) is 129 Å². The molecule has 0 aliphatic heterocycles. The number of rotatable bonds is 51. The quantitative estimate of drug-likeness (QED) is 0.0420. The Hall–Kier alpha value is -3.21. The third kappa shape index (κ3) is 53.7. The Balaban J connectivity index is 3.62. The highest BCUT2D eigenvalue weighted by Crippen LogP contribution is 2.15. The molecule has 2 unspecified atom stereocenters. The van der Waals surface area contributed by atoms with Crippen molar-refractivity contribution in [2.24, 2.45) is 0 Å². The van der Waals surface area contributed by atoms with E-state index in [0.717, 1.165) is 89.9 Å². The van der Waals surface area contributed by atoms with Gasteiger partial charge in [0.1, 0.15) is 0 Å². The molecule has 0 aliphatic carbocycles. The second kappa shape index (κ2) is 58.1. The highest BCUT2D eigenvalue weighted by Gasteiger charge is 2.17. The molecular formula is C64H109NO3. The van der Waals surface area contributed by atoms with Gasteiger partial charge in [0, 0.05) is 6.42 Å². The van der Waals surface area contributed by atoms with Gasteiger partial charge in [-0.05, 0) is 103 Å². The topological polar surface area (TPSA) is 69.6 Å². The Morgan fingerprint density at radius 3 is 1.03 bits per heavy atom. The summed E-state index contributed by atoms with van der Waals surface area (Å²) in [5.41, 5.74) is 0. The summed E-state index contributed by atoms with van der Waals surface area (Å²) in [6.07, 6.45) is 89.3. The summed E-state index contributed by atoms with van der Waals surface area (Å²) in [5.74, 6) is -0.0850. The van der Waals surface area contributed by atoms with Crippen LogP contribution >= 0.6 is 0 Å². The van der Waals surface area contributed by atoms with Crippen LogP contribution in [0.25, 0.3) is 0 Å². The van der Waals surface area contributed by atoms with Gasteiger partial charge in [-0.2, -0.15) is 0 Å². The molecule has 0 heterocycles.